The fraction of sp³-hybridized carbons (Fsp3) is 0. The maximum atomic E-state index is 5.75. The topological polar surface area (TPSA) is 40.0 Å². The summed E-state index contributed by atoms with van der Waals surface area (Å²) in [5.74, 6) is 1.56. The van der Waals surface area contributed by atoms with Crippen molar-refractivity contribution in [2.75, 3.05) is 0 Å². The second kappa shape index (κ2) is 10.3. The number of nitrogens with zero attached hydrogens (tertiary/aromatic N) is 5. The first-order chi connectivity index (χ1) is 27.8. The molecule has 0 aliphatic heterocycles. The summed E-state index contributed by atoms with van der Waals surface area (Å²) in [6, 6.07) is 59.5. The van der Waals surface area contributed by atoms with E-state index in [-0.39, 0.29) is 0 Å². The predicted molar refractivity (Wildman–Crippen MR) is 236 cm³/mol. The van der Waals surface area contributed by atoms with Gasteiger partial charge in [-0.05, 0) is 53.2 Å². The lowest BCUT2D eigenvalue weighted by Crippen LogP contribution is -2.06. The van der Waals surface area contributed by atoms with Gasteiger partial charge in [0.1, 0.15) is 0 Å². The van der Waals surface area contributed by atoms with Crippen molar-refractivity contribution in [1.29, 1.82) is 0 Å². The number of rotatable bonds is 2. The molecule has 0 aliphatic rings. The monoisotopic (exact) mass is 729 g/mol. The lowest BCUT2D eigenvalue weighted by molar-refractivity contribution is 0.977. The van der Waals surface area contributed by atoms with Gasteiger partial charge in [-0.1, -0.05) is 121 Å². The first-order valence-corrected chi connectivity index (χ1v) is 19.8. The minimum absolute atomic E-state index is 0.662. The normalized spacial score (nSPS) is 12.6. The van der Waals surface area contributed by atoms with Crippen molar-refractivity contribution in [1.82, 2.24) is 23.5 Å². The Morgan fingerprint density at radius 1 is 0.393 bits per heavy atom. The molecule has 0 bridgehead atoms. The Balaban J connectivity index is 1.22. The summed E-state index contributed by atoms with van der Waals surface area (Å²) in [6.45, 7) is 0. The molecule has 0 unspecified atom stereocenters. The summed E-state index contributed by atoms with van der Waals surface area (Å²) in [6.07, 6.45) is 0. The van der Waals surface area contributed by atoms with Crippen molar-refractivity contribution in [3.8, 4) is 11.8 Å². The summed E-state index contributed by atoms with van der Waals surface area (Å²) in [7, 11) is 0. The van der Waals surface area contributed by atoms with Crippen LogP contribution in [0, 0.1) is 0 Å². The van der Waals surface area contributed by atoms with Crippen molar-refractivity contribution < 1.29 is 0 Å². The van der Waals surface area contributed by atoms with Crippen molar-refractivity contribution in [3.05, 3.63) is 164 Å². The summed E-state index contributed by atoms with van der Waals surface area (Å²) in [4.78, 5) is 11.3. The van der Waals surface area contributed by atoms with E-state index in [1.165, 1.54) is 80.6 Å². The maximum Gasteiger partial charge on any atom is 0.237 e. The number of hydrogen-bond donors (Lipinski definition) is 0. The molecule has 6 aromatic heterocycles. The highest BCUT2D eigenvalue weighted by atomic mass is 32.1. The van der Waals surface area contributed by atoms with E-state index >= 15 is 0 Å². The molecule has 0 amide bonds. The Morgan fingerprint density at radius 2 is 0.964 bits per heavy atom. The molecule has 0 fully saturated rings. The van der Waals surface area contributed by atoms with E-state index in [1.54, 1.807) is 11.3 Å². The number of benzene rings is 8. The van der Waals surface area contributed by atoms with E-state index < -0.39 is 0 Å². The molecule has 14 aromatic rings. The molecule has 0 radical (unpaired) electrons. The van der Waals surface area contributed by atoms with Gasteiger partial charge in [-0.3, -0.25) is 9.13 Å². The van der Waals surface area contributed by atoms with Gasteiger partial charge in [0.2, 0.25) is 5.95 Å². The van der Waals surface area contributed by atoms with Gasteiger partial charge in [-0.15, -0.1) is 11.3 Å². The standard InChI is InChI=1S/C50H27N5S/c1-2-14-29-28(13-1)25-26-41-43(29)32-17-5-11-23-40(32)54(41)50-51-45-34-19-7-12-24-42(34)56-48(45)49(52-50)55-38-21-9-4-16-31(38)36-27-35-30-15-3-8-20-37(30)53-39-22-10-6-18-33(39)44(46(35)53)47(36)55/h1-27H. The fourth-order valence-corrected chi connectivity index (χ4v) is 11.1. The first kappa shape index (κ1) is 29.1. The van der Waals surface area contributed by atoms with Crippen molar-refractivity contribution in [2.24, 2.45) is 0 Å². The molecule has 56 heavy (non-hydrogen) atoms. The zero-order chi connectivity index (χ0) is 36.2. The van der Waals surface area contributed by atoms with Gasteiger partial charge in [0.25, 0.3) is 0 Å². The average molecular weight is 730 g/mol. The Labute approximate surface area is 321 Å². The third kappa shape index (κ3) is 3.47. The van der Waals surface area contributed by atoms with Crippen LogP contribution in [0.3, 0.4) is 0 Å². The number of aromatic nitrogens is 5. The summed E-state index contributed by atoms with van der Waals surface area (Å²) in [5, 5.41) is 13.5. The quantitative estimate of drug-likeness (QED) is 0.178. The van der Waals surface area contributed by atoms with E-state index in [0.29, 0.717) is 5.95 Å². The third-order valence-electron chi connectivity index (χ3n) is 12.2. The van der Waals surface area contributed by atoms with Crippen LogP contribution in [0.4, 0.5) is 0 Å². The molecule has 6 heterocycles. The number of thiophene rings is 1. The van der Waals surface area contributed by atoms with Crippen LogP contribution < -0.4 is 0 Å². The molecule has 5 nitrogen and oxygen atoms in total. The first-order valence-electron chi connectivity index (χ1n) is 19.0. The van der Waals surface area contributed by atoms with Crippen LogP contribution in [0.2, 0.25) is 0 Å². The van der Waals surface area contributed by atoms with E-state index in [1.807, 2.05) is 0 Å². The number of fused-ring (bicyclic) bond motifs is 18. The Morgan fingerprint density at radius 3 is 1.75 bits per heavy atom. The third-order valence-corrected chi connectivity index (χ3v) is 13.3. The smallest absolute Gasteiger partial charge is 0.237 e. The zero-order valence-electron chi connectivity index (χ0n) is 29.7. The fourth-order valence-electron chi connectivity index (χ4n) is 9.95. The van der Waals surface area contributed by atoms with E-state index in [4.69, 9.17) is 9.97 Å². The van der Waals surface area contributed by atoms with Crippen LogP contribution in [0.5, 0.6) is 0 Å². The van der Waals surface area contributed by atoms with Gasteiger partial charge >= 0.3 is 0 Å². The van der Waals surface area contributed by atoms with Gasteiger partial charge in [0.05, 0.1) is 48.8 Å². The highest BCUT2D eigenvalue weighted by molar-refractivity contribution is 7.26. The number of para-hydroxylation sites is 4. The van der Waals surface area contributed by atoms with Crippen molar-refractivity contribution in [2.45, 2.75) is 0 Å². The molecule has 0 N–H and O–H groups in total. The van der Waals surface area contributed by atoms with Crippen LogP contribution in [0.1, 0.15) is 0 Å². The van der Waals surface area contributed by atoms with Gasteiger partial charge in [-0.2, -0.15) is 4.98 Å². The van der Waals surface area contributed by atoms with Crippen molar-refractivity contribution in [3.63, 3.8) is 0 Å². The molecule has 0 aliphatic carbocycles. The van der Waals surface area contributed by atoms with E-state index in [2.05, 4.69) is 177 Å². The molecule has 14 rings (SSSR count). The molecule has 0 saturated carbocycles. The highest BCUT2D eigenvalue weighted by Gasteiger charge is 2.27. The van der Waals surface area contributed by atoms with Crippen LogP contribution in [0.15, 0.2) is 164 Å². The molecular weight excluding hydrogens is 703 g/mol. The highest BCUT2D eigenvalue weighted by Crippen LogP contribution is 2.48. The SMILES string of the molecule is c1ccc2c(c1)ccc1c2c2ccccc2n1-c1nc(-n2c3ccccc3c3cc4c5ccccc5n5c6ccccc6c(c32)c45)c2sc3ccccc3c2n1. The van der Waals surface area contributed by atoms with Gasteiger partial charge in [-0.25, -0.2) is 4.98 Å². The second-order valence-corrected chi connectivity index (χ2v) is 16.0. The summed E-state index contributed by atoms with van der Waals surface area (Å²) < 4.78 is 9.48. The molecule has 8 aromatic carbocycles. The average Bonchev–Trinajstić information content (AvgIpc) is 4.05. The minimum Gasteiger partial charge on any atom is -0.308 e. The van der Waals surface area contributed by atoms with Gasteiger partial charge in [0.15, 0.2) is 5.82 Å². The van der Waals surface area contributed by atoms with Crippen molar-refractivity contribution >= 4 is 124 Å². The number of hydrogen-bond acceptors (Lipinski definition) is 3. The molecule has 6 heteroatoms. The second-order valence-electron chi connectivity index (χ2n) is 14.9. The predicted octanol–water partition coefficient (Wildman–Crippen LogP) is 13.3. The summed E-state index contributed by atoms with van der Waals surface area (Å²) >= 11 is 1.78. The molecule has 258 valence electrons. The lowest BCUT2D eigenvalue weighted by Gasteiger charge is -2.13. The largest absolute Gasteiger partial charge is 0.308 e. The Bertz CT molecular complexity index is 4010. The zero-order valence-corrected chi connectivity index (χ0v) is 30.5. The van der Waals surface area contributed by atoms with Crippen LogP contribution >= 0.6 is 11.3 Å². The maximum absolute atomic E-state index is 5.75. The molecular formula is C50H27N5S. The Hall–Kier alpha value is -7.28. The van der Waals surface area contributed by atoms with E-state index in [9.17, 15) is 0 Å². The molecule has 0 saturated heterocycles. The molecule has 0 spiro atoms. The molecule has 0 atom stereocenters. The van der Waals surface area contributed by atoms with Crippen LogP contribution in [-0.2, 0) is 0 Å². The Kier molecular flexibility index (Phi) is 5.34. The minimum atomic E-state index is 0.662. The van der Waals surface area contributed by atoms with Crippen LogP contribution in [-0.4, -0.2) is 23.5 Å². The van der Waals surface area contributed by atoms with E-state index in [0.717, 1.165) is 38.0 Å². The summed E-state index contributed by atoms with van der Waals surface area (Å²) in [5.41, 5.74) is 9.14. The van der Waals surface area contributed by atoms with Gasteiger partial charge < -0.3 is 4.40 Å². The van der Waals surface area contributed by atoms with Crippen LogP contribution in [0.25, 0.3) is 125 Å². The lowest BCUT2D eigenvalue weighted by atomic mass is 10.0. The van der Waals surface area contributed by atoms with Gasteiger partial charge in [0, 0.05) is 53.2 Å².